The number of hydrogen-bond donors (Lipinski definition) is 1. The van der Waals surface area contributed by atoms with Crippen LogP contribution in [0, 0.1) is 0 Å². The van der Waals surface area contributed by atoms with Crippen molar-refractivity contribution in [1.82, 2.24) is 4.90 Å². The summed E-state index contributed by atoms with van der Waals surface area (Å²) in [6, 6.07) is 5.16. The zero-order valence-corrected chi connectivity index (χ0v) is 13.0. The highest BCUT2D eigenvalue weighted by atomic mass is 19.4. The van der Waals surface area contributed by atoms with Gasteiger partial charge in [0.25, 0.3) is 0 Å². The van der Waals surface area contributed by atoms with Crippen LogP contribution in [0.1, 0.15) is 30.4 Å². The number of carbonyl (C=O) groups is 2. The zero-order chi connectivity index (χ0) is 17.9. The van der Waals surface area contributed by atoms with E-state index in [-0.39, 0.29) is 37.6 Å². The number of morpholine rings is 1. The lowest BCUT2D eigenvalue weighted by atomic mass is 9.92. The van der Waals surface area contributed by atoms with Gasteiger partial charge in [0.2, 0.25) is 5.91 Å². The molecule has 1 aliphatic heterocycles. The van der Waals surface area contributed by atoms with Gasteiger partial charge in [-0.3, -0.25) is 4.79 Å². The van der Waals surface area contributed by atoms with Crippen LogP contribution < -0.4 is 0 Å². The van der Waals surface area contributed by atoms with E-state index in [1.807, 2.05) is 0 Å². The first kappa shape index (κ1) is 18.3. The molecule has 1 N–H and O–H groups in total. The third-order valence-electron chi connectivity index (χ3n) is 3.97. The largest absolute Gasteiger partial charge is 0.479 e. The Kier molecular flexibility index (Phi) is 5.48. The lowest BCUT2D eigenvalue weighted by molar-refractivity contribution is -0.159. The van der Waals surface area contributed by atoms with E-state index in [9.17, 15) is 22.8 Å². The summed E-state index contributed by atoms with van der Waals surface area (Å²) in [7, 11) is 0. The molecule has 2 rings (SSSR count). The van der Waals surface area contributed by atoms with Gasteiger partial charge in [0.05, 0.1) is 18.7 Å². The molecule has 1 aliphatic rings. The summed E-state index contributed by atoms with van der Waals surface area (Å²) in [5.74, 6) is -2.18. The number of aliphatic carboxylic acids is 1. The standard InChI is InChI=1S/C16H18F3NO4/c1-10(11-4-2-3-5-12(11)16(17,18)19)8-14(21)20-6-7-24-13(9-20)15(22)23/h2-5,10,13H,6-9H2,1H3,(H,22,23)/t10-,13-/m0/s1. The highest BCUT2D eigenvalue weighted by Crippen LogP contribution is 2.36. The lowest BCUT2D eigenvalue weighted by Gasteiger charge is -2.31. The van der Waals surface area contributed by atoms with Crippen LogP contribution in [0.2, 0.25) is 0 Å². The molecule has 1 heterocycles. The minimum atomic E-state index is -4.48. The highest BCUT2D eigenvalue weighted by Gasteiger charge is 2.35. The number of nitrogens with zero attached hydrogens (tertiary/aromatic N) is 1. The summed E-state index contributed by atoms with van der Waals surface area (Å²) in [5, 5.41) is 8.94. The molecule has 1 amide bonds. The van der Waals surface area contributed by atoms with Crippen LogP contribution >= 0.6 is 0 Å². The number of carbonyl (C=O) groups excluding carboxylic acids is 1. The average Bonchev–Trinajstić information content (AvgIpc) is 2.54. The molecular weight excluding hydrogens is 327 g/mol. The predicted molar refractivity (Wildman–Crippen MR) is 78.4 cm³/mol. The number of benzene rings is 1. The molecule has 8 heteroatoms. The van der Waals surface area contributed by atoms with E-state index in [2.05, 4.69) is 0 Å². The van der Waals surface area contributed by atoms with Crippen molar-refractivity contribution in [3.8, 4) is 0 Å². The number of carboxylic acid groups (broad SMARTS) is 1. The van der Waals surface area contributed by atoms with Crippen LogP contribution in [0.4, 0.5) is 13.2 Å². The molecule has 1 aromatic carbocycles. The van der Waals surface area contributed by atoms with Gasteiger partial charge in [-0.1, -0.05) is 25.1 Å². The van der Waals surface area contributed by atoms with Crippen molar-refractivity contribution in [3.63, 3.8) is 0 Å². The van der Waals surface area contributed by atoms with Crippen molar-refractivity contribution in [2.45, 2.75) is 31.5 Å². The molecule has 0 saturated carbocycles. The second-order valence-electron chi connectivity index (χ2n) is 5.73. The Hall–Kier alpha value is -2.09. The second-order valence-corrected chi connectivity index (χ2v) is 5.73. The predicted octanol–water partition coefficient (Wildman–Crippen LogP) is 2.51. The summed E-state index contributed by atoms with van der Waals surface area (Å²) in [6.45, 7) is 1.78. The van der Waals surface area contributed by atoms with Crippen molar-refractivity contribution in [2.75, 3.05) is 19.7 Å². The SMILES string of the molecule is C[C@@H](CC(=O)N1CCO[C@H](C(=O)O)C1)c1ccccc1C(F)(F)F. The number of amides is 1. The molecule has 1 saturated heterocycles. The van der Waals surface area contributed by atoms with E-state index in [4.69, 9.17) is 9.84 Å². The van der Waals surface area contributed by atoms with E-state index in [0.29, 0.717) is 0 Å². The van der Waals surface area contributed by atoms with Crippen molar-refractivity contribution < 1.29 is 32.6 Å². The molecule has 24 heavy (non-hydrogen) atoms. The number of rotatable bonds is 4. The van der Waals surface area contributed by atoms with Gasteiger partial charge in [-0.2, -0.15) is 13.2 Å². The van der Waals surface area contributed by atoms with Crippen molar-refractivity contribution in [1.29, 1.82) is 0 Å². The van der Waals surface area contributed by atoms with E-state index in [1.165, 1.54) is 23.1 Å². The summed E-state index contributed by atoms with van der Waals surface area (Å²) >= 11 is 0. The van der Waals surface area contributed by atoms with Gasteiger partial charge in [-0.05, 0) is 17.5 Å². The Morgan fingerprint density at radius 1 is 1.38 bits per heavy atom. The summed E-state index contributed by atoms with van der Waals surface area (Å²) in [6.07, 6.45) is -5.71. The maximum Gasteiger partial charge on any atom is 0.416 e. The molecule has 5 nitrogen and oxygen atoms in total. The topological polar surface area (TPSA) is 66.8 Å². The van der Waals surface area contributed by atoms with Crippen LogP contribution in [0.25, 0.3) is 0 Å². The lowest BCUT2D eigenvalue weighted by Crippen LogP contribution is -2.48. The molecule has 0 aromatic heterocycles. The van der Waals surface area contributed by atoms with Crippen LogP contribution in [0.15, 0.2) is 24.3 Å². The van der Waals surface area contributed by atoms with E-state index >= 15 is 0 Å². The average molecular weight is 345 g/mol. The Labute approximate surface area is 137 Å². The number of carboxylic acids is 1. The fourth-order valence-electron chi connectivity index (χ4n) is 2.71. The van der Waals surface area contributed by atoms with E-state index < -0.39 is 29.7 Å². The Morgan fingerprint density at radius 2 is 2.04 bits per heavy atom. The first-order chi connectivity index (χ1) is 11.2. The molecule has 0 aliphatic carbocycles. The first-order valence-corrected chi connectivity index (χ1v) is 7.48. The fourth-order valence-corrected chi connectivity index (χ4v) is 2.71. The number of ether oxygens (including phenoxy) is 1. The molecule has 0 spiro atoms. The van der Waals surface area contributed by atoms with Gasteiger partial charge in [-0.25, -0.2) is 4.79 Å². The molecule has 0 radical (unpaired) electrons. The summed E-state index contributed by atoms with van der Waals surface area (Å²) in [4.78, 5) is 24.6. The fraction of sp³-hybridized carbons (Fsp3) is 0.500. The quantitative estimate of drug-likeness (QED) is 0.911. The smallest absolute Gasteiger partial charge is 0.416 e. The Balaban J connectivity index is 2.08. The molecule has 132 valence electrons. The number of halogens is 3. The van der Waals surface area contributed by atoms with Gasteiger partial charge < -0.3 is 14.7 Å². The van der Waals surface area contributed by atoms with Gasteiger partial charge in [0.15, 0.2) is 6.10 Å². The number of alkyl halides is 3. The maximum absolute atomic E-state index is 13.1. The van der Waals surface area contributed by atoms with Crippen LogP contribution in [-0.2, 0) is 20.5 Å². The van der Waals surface area contributed by atoms with Gasteiger partial charge >= 0.3 is 12.1 Å². The van der Waals surface area contributed by atoms with Crippen molar-refractivity contribution in [3.05, 3.63) is 35.4 Å². The highest BCUT2D eigenvalue weighted by molar-refractivity contribution is 5.79. The minimum Gasteiger partial charge on any atom is -0.479 e. The zero-order valence-electron chi connectivity index (χ0n) is 13.0. The van der Waals surface area contributed by atoms with Crippen LogP contribution in [0.3, 0.4) is 0 Å². The molecule has 2 atom stereocenters. The first-order valence-electron chi connectivity index (χ1n) is 7.48. The summed E-state index contributed by atoms with van der Waals surface area (Å²) < 4.78 is 44.2. The summed E-state index contributed by atoms with van der Waals surface area (Å²) in [5.41, 5.74) is -0.697. The van der Waals surface area contributed by atoms with Crippen LogP contribution in [0.5, 0.6) is 0 Å². The van der Waals surface area contributed by atoms with Gasteiger partial charge in [0, 0.05) is 13.0 Å². The van der Waals surface area contributed by atoms with E-state index in [1.54, 1.807) is 6.92 Å². The van der Waals surface area contributed by atoms with Gasteiger partial charge in [-0.15, -0.1) is 0 Å². The molecule has 1 fully saturated rings. The number of hydrogen-bond acceptors (Lipinski definition) is 3. The molecular formula is C16H18F3NO4. The Bertz CT molecular complexity index is 618. The molecule has 0 unspecified atom stereocenters. The molecule has 1 aromatic rings. The Morgan fingerprint density at radius 3 is 2.67 bits per heavy atom. The third-order valence-corrected chi connectivity index (χ3v) is 3.97. The van der Waals surface area contributed by atoms with Crippen LogP contribution in [-0.4, -0.2) is 47.7 Å². The molecule has 0 bridgehead atoms. The third kappa shape index (κ3) is 4.25. The normalized spacial score (nSPS) is 19.8. The van der Waals surface area contributed by atoms with E-state index in [0.717, 1.165) is 6.07 Å². The maximum atomic E-state index is 13.1. The second kappa shape index (κ2) is 7.21. The minimum absolute atomic E-state index is 0.0568. The van der Waals surface area contributed by atoms with Crippen molar-refractivity contribution in [2.24, 2.45) is 0 Å². The van der Waals surface area contributed by atoms with Crippen molar-refractivity contribution >= 4 is 11.9 Å². The monoisotopic (exact) mass is 345 g/mol. The van der Waals surface area contributed by atoms with Gasteiger partial charge in [0.1, 0.15) is 0 Å².